The predicted molar refractivity (Wildman–Crippen MR) is 471 cm³/mol. The van der Waals surface area contributed by atoms with Crippen LogP contribution in [-0.4, -0.2) is 210 Å². The summed E-state index contributed by atoms with van der Waals surface area (Å²) in [6.07, 6.45) is 21.9. The summed E-state index contributed by atoms with van der Waals surface area (Å²) in [5.41, 5.74) is 10.2. The van der Waals surface area contributed by atoms with Gasteiger partial charge in [-0.05, 0) is 290 Å². The van der Waals surface area contributed by atoms with Crippen molar-refractivity contribution in [2.75, 3.05) is 75.3 Å². The van der Waals surface area contributed by atoms with Crippen molar-refractivity contribution < 1.29 is 94.2 Å². The lowest BCUT2D eigenvalue weighted by atomic mass is 9.75. The highest BCUT2D eigenvalue weighted by atomic mass is 79.9. The lowest BCUT2D eigenvalue weighted by Crippen LogP contribution is -2.44. The number of carbonyl (C=O) groups is 6. The quantitative estimate of drug-likeness (QED) is 0.0512. The minimum Gasteiger partial charge on any atom is -0.490 e. The summed E-state index contributed by atoms with van der Waals surface area (Å²) in [5.74, 6) is 3.04. The Kier molecular flexibility index (Phi) is 30.2. The van der Waals surface area contributed by atoms with Crippen molar-refractivity contribution in [2.45, 2.75) is 308 Å². The molecule has 7 fully saturated rings. The number of fused-ring (bicyclic) bond motifs is 3. The number of anilines is 3. The fraction of sp³-hybridized carbons (Fsp3) is 0.637. The van der Waals surface area contributed by atoms with Crippen LogP contribution >= 0.6 is 15.9 Å². The maximum Gasteiger partial charge on any atom is 0.498 e. The zero-order chi connectivity index (χ0) is 89.5. The number of imidazole rings is 2. The van der Waals surface area contributed by atoms with Crippen LogP contribution < -0.4 is 39.7 Å². The highest BCUT2D eigenvalue weighted by molar-refractivity contribution is 9.11. The number of likely N-dealkylation sites (tertiary alicyclic amines) is 2. The summed E-state index contributed by atoms with van der Waals surface area (Å²) in [7, 11) is 3.80. The minimum absolute atomic E-state index is 0.0580. The lowest BCUT2D eigenvalue weighted by molar-refractivity contribution is -0.192. The number of halogens is 4. The molecule has 124 heavy (non-hydrogen) atoms. The molecule has 2 aromatic heterocycles. The average molecular weight is 1790 g/mol. The number of methoxy groups -OCH3 is 3. The number of aliphatic carboxylic acids is 1. The molecule has 3 atom stereocenters. The van der Waals surface area contributed by atoms with E-state index in [-0.39, 0.29) is 72.8 Å². The van der Waals surface area contributed by atoms with Crippen LogP contribution in [0.4, 0.5) is 54.2 Å². The van der Waals surface area contributed by atoms with Gasteiger partial charge < -0.3 is 77.4 Å². The van der Waals surface area contributed by atoms with E-state index < -0.39 is 41.7 Å². The van der Waals surface area contributed by atoms with E-state index in [2.05, 4.69) is 96.8 Å². The van der Waals surface area contributed by atoms with Crippen molar-refractivity contribution in [3.63, 3.8) is 0 Å². The number of nitrogens with one attached hydrogen (secondary N) is 3. The molecule has 0 unspecified atom stereocenters. The van der Waals surface area contributed by atoms with Gasteiger partial charge in [0.1, 0.15) is 44.7 Å². The van der Waals surface area contributed by atoms with E-state index in [0.29, 0.717) is 24.9 Å². The molecular weight excluding hydrogens is 1670 g/mol. The highest BCUT2D eigenvalue weighted by Crippen LogP contribution is 2.49. The lowest BCUT2D eigenvalue weighted by Gasteiger charge is -2.37. The van der Waals surface area contributed by atoms with E-state index >= 15 is 0 Å². The number of benzene rings is 3. The summed E-state index contributed by atoms with van der Waals surface area (Å²) < 4.78 is 91.1. The average Bonchev–Trinajstić information content (AvgIpc) is 1.53. The van der Waals surface area contributed by atoms with Gasteiger partial charge in [-0.1, -0.05) is 6.07 Å². The molecule has 3 aliphatic carbocycles. The van der Waals surface area contributed by atoms with Crippen LogP contribution in [0.15, 0.2) is 64.5 Å². The number of carboxylic acids is 1. The van der Waals surface area contributed by atoms with E-state index in [1.807, 2.05) is 84.3 Å². The smallest absolute Gasteiger partial charge is 0.490 e. The number of aromatic amines is 2. The molecule has 3 saturated carbocycles. The Morgan fingerprint density at radius 2 is 0.863 bits per heavy atom. The molecule has 0 radical (unpaired) electrons. The van der Waals surface area contributed by atoms with Gasteiger partial charge in [-0.3, -0.25) is 19.7 Å². The zero-order valence-electron chi connectivity index (χ0n) is 74.8. The van der Waals surface area contributed by atoms with Gasteiger partial charge in [-0.15, -0.1) is 0 Å². The molecule has 5 amide bonds. The first kappa shape index (κ1) is 94.1. The Hall–Kier alpha value is -9.08. The Balaban J connectivity index is 0.000000150. The number of piperidine rings is 3. The fourth-order valence-corrected chi connectivity index (χ4v) is 17.4. The third-order valence-corrected chi connectivity index (χ3v) is 26.0. The van der Waals surface area contributed by atoms with Gasteiger partial charge in [-0.25, -0.2) is 38.7 Å². The number of hydrogen-bond donors (Lipinski definition) is 4. The van der Waals surface area contributed by atoms with Crippen LogP contribution in [0.1, 0.15) is 252 Å². The zero-order valence-corrected chi connectivity index (χ0v) is 76.4. The first-order chi connectivity index (χ1) is 58.7. The van der Waals surface area contributed by atoms with Crippen LogP contribution in [-0.2, 0) is 57.1 Å². The summed E-state index contributed by atoms with van der Waals surface area (Å²) in [6, 6.07) is 12.3. The number of alkyl halides is 3. The number of carbonyl (C=O) groups excluding carboxylic acids is 5. The first-order valence-electron chi connectivity index (χ1n) is 44.2. The van der Waals surface area contributed by atoms with Crippen molar-refractivity contribution in [3.05, 3.63) is 87.8 Å². The molecule has 0 bridgehead atoms. The molecule has 11 aliphatic rings. The highest BCUT2D eigenvalue weighted by Gasteiger charge is 2.54. The van der Waals surface area contributed by atoms with Gasteiger partial charge >= 0.3 is 49.7 Å². The summed E-state index contributed by atoms with van der Waals surface area (Å²) in [5, 5.41) is 10.5. The summed E-state index contributed by atoms with van der Waals surface area (Å²) in [6.45, 7) is 30.6. The topological polar surface area (TPSA) is 313 Å². The molecule has 16 rings (SSSR count). The number of rotatable bonds is 12. The van der Waals surface area contributed by atoms with E-state index in [4.69, 9.17) is 67.1 Å². The Morgan fingerprint density at radius 3 is 1.20 bits per heavy atom. The SMILES string of the molecule is CC(C)(C)OC(=O)N1CCC(C2=NC(Br)=CC2)CC1.COC(=O)N1c2ccc(-c3cnc(C4CCN(C(=O)OC(C)(C)C)CC4)[nH]3)c(OC3CCC3)c2CC[C@@H]1C.COC(=O)N1c2ccc(-c3cnc(C4CCNCC4)[nH]3)c(OC3CCC3)c2CC[C@@H]1C.COC(=O)N1c2ccc(B3OC(C)(C)C(C)(C)O3)c(OC3CCC3)c2CC[C@@H]1C.O=C(O)C(F)(F)F. The molecule has 3 aromatic carbocycles. The van der Waals surface area contributed by atoms with E-state index in [9.17, 15) is 37.1 Å². The molecule has 0 spiro atoms. The molecule has 33 heteroatoms. The van der Waals surface area contributed by atoms with Gasteiger partial charge in [-0.2, -0.15) is 13.2 Å². The normalized spacial score (nSPS) is 21.6. The standard InChI is InChI=1S/C29H40N4O5.C24H32N4O3.C22H32BNO5.C14H21BrN2O2.C2HF3O2/c1-18-9-10-22-24(33(18)28(35)36-5)12-11-21(25(22)37-20-7-6-8-20)23-17-30-26(31-23)19-13-15-32(16-14-19)27(34)38-29(2,3)4;1-15-6-7-19-21(28(15)24(29)30-2)9-8-18(22(19)31-17-4-3-5-17)20-14-26-23(27-20)16-10-12-25-13-11-16;1-14-10-11-16-18(24(14)20(25)26-6)13-12-17(19(16)27-15-8-7-9-15)23-28-21(2,3)22(4,5)29-23;1-14(2,3)19-13(18)17-8-6-10(7-9-17)11-4-5-12(15)16-11;3-2(4,5)1(6)7/h11-12,17-20H,6-10,13-16H2,1-5H3,(H,30,31);8-9,14-17,25H,3-7,10-13H2,1-2H3,(H,26,27);12-15H,7-11H2,1-6H3;5,10H,4,6-9H2,1-3H3;(H,6,7)/t18-;15-;14-;;/m000../s1. The fourth-order valence-electron chi connectivity index (χ4n) is 17.0. The third-order valence-electron chi connectivity index (χ3n) is 25.5. The van der Waals surface area contributed by atoms with Crippen molar-refractivity contribution in [1.82, 2.24) is 35.1 Å². The van der Waals surface area contributed by atoms with Gasteiger partial charge in [0, 0.05) is 107 Å². The second-order valence-electron chi connectivity index (χ2n) is 37.2. The molecule has 8 aliphatic heterocycles. The van der Waals surface area contributed by atoms with Crippen LogP contribution in [0.25, 0.3) is 22.5 Å². The maximum absolute atomic E-state index is 12.6. The Bertz CT molecular complexity index is 4640. The van der Waals surface area contributed by atoms with Gasteiger partial charge in [0.15, 0.2) is 0 Å². The number of hydrogen-bond acceptors (Lipinski definition) is 20. The number of allylic oxidation sites excluding steroid dienone is 1. The number of ether oxygens (including phenoxy) is 8. The van der Waals surface area contributed by atoms with Crippen LogP contribution in [0.2, 0.25) is 0 Å². The monoisotopic (exact) mass is 1790 g/mol. The van der Waals surface area contributed by atoms with Crippen molar-refractivity contribution in [1.29, 1.82) is 0 Å². The van der Waals surface area contributed by atoms with Crippen molar-refractivity contribution in [3.8, 4) is 39.8 Å². The summed E-state index contributed by atoms with van der Waals surface area (Å²) in [4.78, 5) is 101. The number of amides is 5. The molecule has 4 N–H and O–H groups in total. The second-order valence-corrected chi connectivity index (χ2v) is 38.0. The number of aliphatic imine (C=N–C) groups is 1. The van der Waals surface area contributed by atoms with Crippen molar-refractivity contribution in [2.24, 2.45) is 10.9 Å². The Morgan fingerprint density at radius 1 is 0.508 bits per heavy atom. The molecule has 678 valence electrons. The molecule has 5 aromatic rings. The molecular formula is C91H126BBrF3N11O17. The molecule has 4 saturated heterocycles. The number of aromatic nitrogens is 4. The number of carboxylic acid groups (broad SMARTS) is 1. The Labute approximate surface area is 735 Å². The first-order valence-corrected chi connectivity index (χ1v) is 45.0. The second kappa shape index (κ2) is 39.9. The third kappa shape index (κ3) is 22.5. The number of H-pyrrole nitrogens is 2. The molecule has 10 heterocycles. The van der Waals surface area contributed by atoms with Gasteiger partial charge in [0.25, 0.3) is 0 Å². The minimum atomic E-state index is -5.08. The van der Waals surface area contributed by atoms with Gasteiger partial charge in [0.05, 0.1) is 91.7 Å². The van der Waals surface area contributed by atoms with Gasteiger partial charge in [0.2, 0.25) is 0 Å². The van der Waals surface area contributed by atoms with Crippen LogP contribution in [0.3, 0.4) is 0 Å². The summed E-state index contributed by atoms with van der Waals surface area (Å²) >= 11 is 3.40. The number of nitrogens with zero attached hydrogens (tertiary/aromatic N) is 8. The van der Waals surface area contributed by atoms with Crippen LogP contribution in [0, 0.1) is 5.92 Å². The predicted octanol–water partition coefficient (Wildman–Crippen LogP) is 18.6. The molecule has 28 nitrogen and oxygen atoms in total. The maximum atomic E-state index is 12.6. The largest absolute Gasteiger partial charge is 0.498 e. The van der Waals surface area contributed by atoms with E-state index in [1.165, 1.54) is 46.3 Å². The van der Waals surface area contributed by atoms with E-state index in [0.717, 1.165) is 243 Å². The van der Waals surface area contributed by atoms with Crippen LogP contribution in [0.5, 0.6) is 17.2 Å². The van der Waals surface area contributed by atoms with Crippen molar-refractivity contribution >= 4 is 87.7 Å². The van der Waals surface area contributed by atoms with E-state index in [1.54, 1.807) is 24.5 Å².